The van der Waals surface area contributed by atoms with Gasteiger partial charge < -0.3 is 25.6 Å². The molecule has 0 radical (unpaired) electrons. The molecule has 0 spiro atoms. The summed E-state index contributed by atoms with van der Waals surface area (Å²) >= 11 is 12.3. The van der Waals surface area contributed by atoms with Crippen LogP contribution in [0.15, 0.2) is 66.9 Å². The molecule has 1 aromatic heterocycles. The van der Waals surface area contributed by atoms with E-state index >= 15 is 8.78 Å². The van der Waals surface area contributed by atoms with E-state index in [0.29, 0.717) is 16.9 Å². The number of ether oxygens (including phenoxy) is 1. The van der Waals surface area contributed by atoms with Gasteiger partial charge in [-0.05, 0) is 59.9 Å². The molecule has 2 aromatic carbocycles. The third-order valence-electron chi connectivity index (χ3n) is 9.10. The van der Waals surface area contributed by atoms with Gasteiger partial charge in [0.15, 0.2) is 9.84 Å². The summed E-state index contributed by atoms with van der Waals surface area (Å²) in [5, 5.41) is 4.40. The van der Waals surface area contributed by atoms with Crippen LogP contribution in [0.3, 0.4) is 0 Å². The Morgan fingerprint density at radius 2 is 1.59 bits per heavy atom. The fraction of sp³-hybridized carbons (Fsp3) is 0.405. The Bertz CT molecular complexity index is 2110. The van der Waals surface area contributed by atoms with Crippen LogP contribution in [0.25, 0.3) is 0 Å². The van der Waals surface area contributed by atoms with Crippen LogP contribution < -0.4 is 20.7 Å². The third-order valence-corrected chi connectivity index (χ3v) is 11.9. The molecular weight excluding hydrogens is 840 g/mol. The number of ketones is 1. The molecule has 314 valence electrons. The summed E-state index contributed by atoms with van der Waals surface area (Å²) in [7, 11) is -2.80. The van der Waals surface area contributed by atoms with E-state index in [2.05, 4.69) is 15.6 Å². The summed E-state index contributed by atoms with van der Waals surface area (Å²) in [6.45, 7) is -0.401. The van der Waals surface area contributed by atoms with Crippen LogP contribution in [0.4, 0.5) is 22.0 Å². The van der Waals surface area contributed by atoms with Crippen molar-refractivity contribution in [2.75, 3.05) is 20.2 Å². The first-order valence-corrected chi connectivity index (χ1v) is 19.9. The molecule has 4 rings (SSSR count). The van der Waals surface area contributed by atoms with E-state index in [1.54, 1.807) is 0 Å². The number of nitrogens with one attached hydrogen (secondary N) is 3. The van der Waals surface area contributed by atoms with Crippen LogP contribution in [0.2, 0.25) is 10.0 Å². The minimum Gasteiger partial charge on any atom is -0.497 e. The van der Waals surface area contributed by atoms with Crippen LogP contribution in [0.5, 0.6) is 5.75 Å². The van der Waals surface area contributed by atoms with Gasteiger partial charge in [0.2, 0.25) is 17.6 Å². The zero-order chi connectivity index (χ0) is 43.2. The highest BCUT2D eigenvalue weighted by Gasteiger charge is 2.53. The Kier molecular flexibility index (Phi) is 14.8. The zero-order valence-corrected chi connectivity index (χ0v) is 33.3. The van der Waals surface area contributed by atoms with Crippen LogP contribution >= 0.6 is 23.2 Å². The average molecular weight is 879 g/mol. The van der Waals surface area contributed by atoms with E-state index in [4.69, 9.17) is 27.9 Å². The quantitative estimate of drug-likeness (QED) is 0.139. The second-order valence-corrected chi connectivity index (χ2v) is 16.8. The zero-order valence-electron chi connectivity index (χ0n) is 31.0. The van der Waals surface area contributed by atoms with Gasteiger partial charge in [-0.25, -0.2) is 8.42 Å². The van der Waals surface area contributed by atoms with Gasteiger partial charge in [-0.3, -0.25) is 29.0 Å². The average Bonchev–Trinajstić information content (AvgIpc) is 3.63. The van der Waals surface area contributed by atoms with Crippen LogP contribution in [0.1, 0.15) is 41.9 Å². The number of amides is 4. The molecule has 13 nitrogen and oxygen atoms in total. The number of pyridine rings is 1. The maximum Gasteiger partial charge on any atom is 0.405 e. The van der Waals surface area contributed by atoms with Gasteiger partial charge in [-0.1, -0.05) is 61.3 Å². The van der Waals surface area contributed by atoms with Crippen molar-refractivity contribution in [3.8, 4) is 5.75 Å². The highest BCUT2D eigenvalue weighted by atomic mass is 35.5. The molecule has 2 heterocycles. The fourth-order valence-corrected chi connectivity index (χ4v) is 8.11. The molecule has 0 saturated carbocycles. The molecule has 1 aliphatic heterocycles. The summed E-state index contributed by atoms with van der Waals surface area (Å²) in [5.41, 5.74) is 0.584. The van der Waals surface area contributed by atoms with Gasteiger partial charge in [-0.2, -0.15) is 22.0 Å². The number of aromatic nitrogens is 1. The van der Waals surface area contributed by atoms with E-state index < -0.39 is 106 Å². The Morgan fingerprint density at radius 1 is 0.931 bits per heavy atom. The lowest BCUT2D eigenvalue weighted by Gasteiger charge is -2.31. The molecule has 0 aliphatic carbocycles. The summed E-state index contributed by atoms with van der Waals surface area (Å²) < 4.78 is 101. The van der Waals surface area contributed by atoms with Crippen molar-refractivity contribution in [1.82, 2.24) is 25.8 Å². The first-order chi connectivity index (χ1) is 27.0. The van der Waals surface area contributed by atoms with Gasteiger partial charge >= 0.3 is 12.1 Å². The number of carbonyl (C=O) groups is 5. The molecule has 3 aromatic rings. The lowest BCUT2D eigenvalue weighted by Crippen LogP contribution is -2.60. The number of likely N-dealkylation sites (tertiary alicyclic amines) is 1. The van der Waals surface area contributed by atoms with Crippen molar-refractivity contribution in [2.45, 2.75) is 67.9 Å². The Labute approximate surface area is 339 Å². The van der Waals surface area contributed by atoms with Crippen molar-refractivity contribution in [3.05, 3.63) is 93.7 Å². The van der Waals surface area contributed by atoms with Gasteiger partial charge in [0.05, 0.1) is 34.2 Å². The van der Waals surface area contributed by atoms with Gasteiger partial charge in [0.1, 0.15) is 30.1 Å². The Hall–Kier alpha value is -4.88. The van der Waals surface area contributed by atoms with Crippen molar-refractivity contribution in [2.24, 2.45) is 5.92 Å². The number of Topliss-reactive ketones (excluding diaryl/α,β-unsaturated/α-hetero) is 1. The maximum atomic E-state index is 15.0. The molecule has 0 bridgehead atoms. The third kappa shape index (κ3) is 11.6. The molecule has 58 heavy (non-hydrogen) atoms. The maximum absolute atomic E-state index is 15.0. The highest BCUT2D eigenvalue weighted by Crippen LogP contribution is 2.30. The van der Waals surface area contributed by atoms with Crippen molar-refractivity contribution in [1.29, 1.82) is 0 Å². The number of alkyl halides is 5. The monoisotopic (exact) mass is 877 g/mol. The number of nitrogens with zero attached hydrogens (tertiary/aromatic N) is 2. The number of halogens is 7. The molecular formula is C37H38Cl2F5N5O8S. The number of methoxy groups -OCH3 is 1. The largest absolute Gasteiger partial charge is 0.497 e. The number of hydrogen-bond acceptors (Lipinski definition) is 9. The molecule has 21 heteroatoms. The van der Waals surface area contributed by atoms with E-state index in [1.807, 2.05) is 0 Å². The first-order valence-electron chi connectivity index (χ1n) is 17.4. The lowest BCUT2D eigenvalue weighted by atomic mass is 9.94. The van der Waals surface area contributed by atoms with E-state index in [1.165, 1.54) is 87.8 Å². The van der Waals surface area contributed by atoms with E-state index in [0.717, 1.165) is 10.2 Å². The van der Waals surface area contributed by atoms with E-state index in [-0.39, 0.29) is 22.2 Å². The van der Waals surface area contributed by atoms with Crippen LogP contribution in [0, 0.1) is 5.92 Å². The van der Waals surface area contributed by atoms with E-state index in [9.17, 15) is 45.6 Å². The normalized spacial score (nSPS) is 17.0. The predicted octanol–water partition coefficient (Wildman–Crippen LogP) is 4.35. The number of carbonyl (C=O) groups excluding carboxylic acids is 5. The minimum atomic E-state index is -5.09. The number of rotatable bonds is 16. The Balaban J connectivity index is 1.72. The SMILES string of the molecule is COc1ccc(CS(=O)(=O)[C@@H]2C[C@@H](C(=O)NC(C(=O)C(F)(F)C(=O)NCC(F)(F)F)C(C)C)N(C(=O)C(Cc3ccc(Cl)c(Cl)c3)NC(=O)c3ccccn3)C2)cc1. The first kappa shape index (κ1) is 45.8. The van der Waals surface area contributed by atoms with Crippen LogP contribution in [-0.4, -0.2) is 103 Å². The minimum absolute atomic E-state index is 0.0952. The lowest BCUT2D eigenvalue weighted by molar-refractivity contribution is -0.165. The predicted molar refractivity (Wildman–Crippen MR) is 201 cm³/mol. The van der Waals surface area contributed by atoms with Crippen molar-refractivity contribution >= 4 is 62.5 Å². The Morgan fingerprint density at radius 3 is 2.16 bits per heavy atom. The standard InChI is InChI=1S/C37H38Cl2F5N5O8S/c1-20(2)30(31(50)37(43,44)35(54)46-19-36(40,41)42)48-33(52)29-16-24(58(55,56)18-21-7-10-23(57-3)11-8-21)17-49(29)34(53)28(15-22-9-12-25(38)26(39)14-22)47-32(51)27-6-4-5-13-45-27/h4-14,20,24,28-30H,15-19H2,1-3H3,(H,46,54)(H,47,51)(H,48,52)/t24-,28?,29+,30?/m1/s1. The molecule has 1 fully saturated rings. The van der Waals surface area contributed by atoms with Crippen LogP contribution in [-0.2, 0) is 41.2 Å². The van der Waals surface area contributed by atoms with Gasteiger partial charge in [0.25, 0.3) is 11.8 Å². The molecule has 1 aliphatic rings. The number of benzene rings is 2. The summed E-state index contributed by atoms with van der Waals surface area (Å²) in [6.07, 6.45) is -4.66. The second-order valence-electron chi connectivity index (χ2n) is 13.7. The number of hydrogen-bond donors (Lipinski definition) is 3. The summed E-state index contributed by atoms with van der Waals surface area (Å²) in [4.78, 5) is 71.9. The fourth-order valence-electron chi connectivity index (χ4n) is 6.04. The van der Waals surface area contributed by atoms with Crippen molar-refractivity contribution in [3.63, 3.8) is 0 Å². The summed E-state index contributed by atoms with van der Waals surface area (Å²) in [6, 6.07) is 9.25. The molecule has 1 saturated heterocycles. The van der Waals surface area contributed by atoms with Gasteiger partial charge in [-0.15, -0.1) is 0 Å². The molecule has 3 N–H and O–H groups in total. The highest BCUT2D eigenvalue weighted by molar-refractivity contribution is 7.91. The smallest absolute Gasteiger partial charge is 0.405 e. The van der Waals surface area contributed by atoms with Crippen molar-refractivity contribution < 1.29 is 59.1 Å². The summed E-state index contributed by atoms with van der Waals surface area (Å²) in [5.74, 6) is -14.3. The molecule has 4 amide bonds. The number of sulfone groups is 1. The molecule has 2 unspecified atom stereocenters. The second kappa shape index (κ2) is 18.8. The van der Waals surface area contributed by atoms with Gasteiger partial charge in [0, 0.05) is 19.2 Å². The molecule has 4 atom stereocenters. The topological polar surface area (TPSA) is 181 Å².